The fourth-order valence-electron chi connectivity index (χ4n) is 1.06. The smallest absolute Gasteiger partial charge is 0.310 e. The van der Waals surface area contributed by atoms with Crippen molar-refractivity contribution in [2.75, 3.05) is 12.4 Å². The first-order valence-corrected chi connectivity index (χ1v) is 6.85. The van der Waals surface area contributed by atoms with Gasteiger partial charge in [0.1, 0.15) is 5.56 Å². The Morgan fingerprint density at radius 2 is 2.17 bits per heavy atom. The molecule has 1 N–H and O–H groups in total. The van der Waals surface area contributed by atoms with Gasteiger partial charge in [0.25, 0.3) is 11.8 Å². The molecule has 0 aliphatic carbocycles. The molecule has 18 heavy (non-hydrogen) atoms. The Kier molecular flexibility index (Phi) is 4.68. The van der Waals surface area contributed by atoms with E-state index in [9.17, 15) is 13.2 Å². The summed E-state index contributed by atoms with van der Waals surface area (Å²) in [5.74, 6) is -1.10. The number of rotatable bonds is 6. The van der Waals surface area contributed by atoms with Crippen LogP contribution in [0.4, 0.5) is 0 Å². The van der Waals surface area contributed by atoms with E-state index in [2.05, 4.69) is 10.6 Å². The molecule has 1 rings (SSSR count). The molecule has 0 bridgehead atoms. The van der Waals surface area contributed by atoms with E-state index in [-0.39, 0.29) is 23.8 Å². The van der Waals surface area contributed by atoms with E-state index in [1.807, 2.05) is 0 Å². The predicted octanol–water partition coefficient (Wildman–Crippen LogP) is -0.170. The van der Waals surface area contributed by atoms with Crippen molar-refractivity contribution < 1.29 is 22.2 Å². The zero-order chi connectivity index (χ0) is 13.8. The number of carbonyl (C=O) groups excluding carboxylic acids is 1. The van der Waals surface area contributed by atoms with Gasteiger partial charge in [0, 0.05) is 13.2 Å². The Labute approximate surface area is 105 Å². The maximum atomic E-state index is 11.6. The average Bonchev–Trinajstić information content (AvgIpc) is 2.66. The number of hydrogen-bond donors (Lipinski definition) is 1. The molecule has 0 fully saturated rings. The number of carbonyl (C=O) groups is 1. The van der Waals surface area contributed by atoms with Crippen molar-refractivity contribution in [2.24, 2.45) is 7.05 Å². The fourth-order valence-corrected chi connectivity index (χ4v) is 1.54. The maximum absolute atomic E-state index is 11.6. The third kappa shape index (κ3) is 3.70. The highest BCUT2D eigenvalue weighted by molar-refractivity contribution is 7.87. The molecule has 0 saturated carbocycles. The maximum Gasteiger partial charge on any atom is 0.310 e. The Hall–Kier alpha value is -1.61. The molecule has 102 valence electrons. The number of aromatic nitrogens is 2. The van der Waals surface area contributed by atoms with Crippen LogP contribution >= 0.6 is 0 Å². The zero-order valence-corrected chi connectivity index (χ0v) is 11.2. The Balaban J connectivity index is 2.96. The molecular weight excluding hydrogens is 262 g/mol. The quantitative estimate of drug-likeness (QED) is 0.572. The molecule has 0 aliphatic rings. The third-order valence-electron chi connectivity index (χ3n) is 1.91. The summed E-state index contributed by atoms with van der Waals surface area (Å²) in [6, 6.07) is 0. The SMILES string of the molecule is CCONC(=O)c1cn(C)nc1OS(=O)(=O)CC. The van der Waals surface area contributed by atoms with Gasteiger partial charge in [0.15, 0.2) is 0 Å². The summed E-state index contributed by atoms with van der Waals surface area (Å²) in [7, 11) is -2.19. The summed E-state index contributed by atoms with van der Waals surface area (Å²) in [4.78, 5) is 16.4. The van der Waals surface area contributed by atoms with Gasteiger partial charge in [-0.25, -0.2) is 5.48 Å². The van der Waals surface area contributed by atoms with E-state index < -0.39 is 16.0 Å². The lowest BCUT2D eigenvalue weighted by Gasteiger charge is -2.04. The van der Waals surface area contributed by atoms with Gasteiger partial charge in [-0.15, -0.1) is 5.10 Å². The Morgan fingerprint density at radius 3 is 2.72 bits per heavy atom. The minimum Gasteiger partial charge on any atom is -0.359 e. The number of aryl methyl sites for hydroxylation is 1. The molecule has 0 saturated heterocycles. The lowest BCUT2D eigenvalue weighted by Crippen LogP contribution is -2.24. The van der Waals surface area contributed by atoms with Crippen molar-refractivity contribution in [3.05, 3.63) is 11.8 Å². The highest BCUT2D eigenvalue weighted by Gasteiger charge is 2.21. The van der Waals surface area contributed by atoms with Gasteiger partial charge in [0.2, 0.25) is 0 Å². The van der Waals surface area contributed by atoms with Crippen molar-refractivity contribution in [2.45, 2.75) is 13.8 Å². The number of hydroxylamine groups is 1. The van der Waals surface area contributed by atoms with Crippen LogP contribution < -0.4 is 9.66 Å². The van der Waals surface area contributed by atoms with Crippen molar-refractivity contribution in [3.8, 4) is 5.88 Å². The first-order valence-electron chi connectivity index (χ1n) is 5.27. The van der Waals surface area contributed by atoms with Crippen LogP contribution in [0.3, 0.4) is 0 Å². The van der Waals surface area contributed by atoms with Gasteiger partial charge < -0.3 is 4.18 Å². The molecule has 1 heterocycles. The largest absolute Gasteiger partial charge is 0.359 e. The van der Waals surface area contributed by atoms with Crippen molar-refractivity contribution in [1.82, 2.24) is 15.3 Å². The first-order chi connectivity index (χ1) is 8.39. The minimum atomic E-state index is -3.73. The average molecular weight is 277 g/mol. The lowest BCUT2D eigenvalue weighted by atomic mass is 10.3. The van der Waals surface area contributed by atoms with Gasteiger partial charge in [-0.1, -0.05) is 0 Å². The van der Waals surface area contributed by atoms with Gasteiger partial charge in [0.05, 0.1) is 12.4 Å². The second-order valence-corrected chi connectivity index (χ2v) is 5.17. The van der Waals surface area contributed by atoms with Gasteiger partial charge in [-0.3, -0.25) is 14.3 Å². The molecule has 9 heteroatoms. The minimum absolute atomic E-state index is 0.0111. The molecule has 0 radical (unpaired) electrons. The van der Waals surface area contributed by atoms with Crippen LogP contribution in [0.25, 0.3) is 0 Å². The number of hydrogen-bond acceptors (Lipinski definition) is 6. The molecule has 1 aromatic rings. The molecule has 0 spiro atoms. The summed E-state index contributed by atoms with van der Waals surface area (Å²) >= 11 is 0. The van der Waals surface area contributed by atoms with Crippen LogP contribution in [0.5, 0.6) is 5.88 Å². The summed E-state index contributed by atoms with van der Waals surface area (Å²) in [6.07, 6.45) is 1.34. The lowest BCUT2D eigenvalue weighted by molar-refractivity contribution is 0.0363. The highest BCUT2D eigenvalue weighted by Crippen LogP contribution is 2.17. The van der Waals surface area contributed by atoms with Crippen molar-refractivity contribution in [3.63, 3.8) is 0 Å². The molecule has 0 atom stereocenters. The molecule has 0 aromatic carbocycles. The number of nitrogens with zero attached hydrogens (tertiary/aromatic N) is 2. The van der Waals surface area contributed by atoms with E-state index in [4.69, 9.17) is 9.02 Å². The van der Waals surface area contributed by atoms with Crippen LogP contribution in [-0.2, 0) is 22.0 Å². The summed E-state index contributed by atoms with van der Waals surface area (Å²) in [6.45, 7) is 3.41. The third-order valence-corrected chi connectivity index (χ3v) is 3.03. The Morgan fingerprint density at radius 1 is 1.50 bits per heavy atom. The van der Waals surface area contributed by atoms with Crippen LogP contribution in [-0.4, -0.2) is 36.5 Å². The fraction of sp³-hybridized carbons (Fsp3) is 0.556. The highest BCUT2D eigenvalue weighted by atomic mass is 32.2. The van der Waals surface area contributed by atoms with Crippen molar-refractivity contribution >= 4 is 16.0 Å². The van der Waals surface area contributed by atoms with Crippen molar-refractivity contribution in [1.29, 1.82) is 0 Å². The number of amides is 1. The summed E-state index contributed by atoms with van der Waals surface area (Å²) in [5.41, 5.74) is 2.13. The van der Waals surface area contributed by atoms with E-state index in [1.165, 1.54) is 17.8 Å². The van der Waals surface area contributed by atoms with E-state index in [0.29, 0.717) is 0 Å². The van der Waals surface area contributed by atoms with E-state index in [0.717, 1.165) is 0 Å². The topological polar surface area (TPSA) is 99.5 Å². The zero-order valence-electron chi connectivity index (χ0n) is 10.3. The second kappa shape index (κ2) is 5.83. The number of nitrogens with one attached hydrogen (secondary N) is 1. The molecular formula is C9H15N3O5S. The normalized spacial score (nSPS) is 11.3. The Bertz CT molecular complexity index is 522. The van der Waals surface area contributed by atoms with Gasteiger partial charge >= 0.3 is 10.1 Å². The van der Waals surface area contributed by atoms with E-state index >= 15 is 0 Å². The molecule has 1 amide bonds. The molecule has 8 nitrogen and oxygen atoms in total. The summed E-state index contributed by atoms with van der Waals surface area (Å²) < 4.78 is 28.7. The monoisotopic (exact) mass is 277 g/mol. The first kappa shape index (κ1) is 14.5. The standard InChI is InChI=1S/C9H15N3O5S/c1-4-16-11-8(13)7-6-12(3)10-9(7)17-18(14,15)5-2/h6H,4-5H2,1-3H3,(H,11,13). The summed E-state index contributed by atoms with van der Waals surface area (Å²) in [5, 5.41) is 3.77. The molecule has 0 aliphatic heterocycles. The van der Waals surface area contributed by atoms with Crippen LogP contribution in [0.2, 0.25) is 0 Å². The van der Waals surface area contributed by atoms with Crippen LogP contribution in [0.15, 0.2) is 6.20 Å². The van der Waals surface area contributed by atoms with Crippen LogP contribution in [0.1, 0.15) is 24.2 Å². The van der Waals surface area contributed by atoms with Crippen LogP contribution in [0, 0.1) is 0 Å². The second-order valence-electron chi connectivity index (χ2n) is 3.32. The van der Waals surface area contributed by atoms with Gasteiger partial charge in [-0.05, 0) is 13.8 Å². The van der Waals surface area contributed by atoms with E-state index in [1.54, 1.807) is 14.0 Å². The molecule has 0 unspecified atom stereocenters. The predicted molar refractivity (Wildman–Crippen MR) is 62.4 cm³/mol. The molecule has 1 aromatic heterocycles. The van der Waals surface area contributed by atoms with Gasteiger partial charge in [-0.2, -0.15) is 8.42 Å².